The van der Waals surface area contributed by atoms with Crippen LogP contribution in [0.3, 0.4) is 0 Å². The van der Waals surface area contributed by atoms with Crippen molar-refractivity contribution in [2.24, 2.45) is 0 Å². The van der Waals surface area contributed by atoms with Gasteiger partial charge in [0.25, 0.3) is 0 Å². The molecule has 0 aliphatic heterocycles. The van der Waals surface area contributed by atoms with Crippen LogP contribution in [0.1, 0.15) is 10.4 Å². The predicted octanol–water partition coefficient (Wildman–Crippen LogP) is 3.83. The topological polar surface area (TPSA) is 26.3 Å². The second kappa shape index (κ2) is 6.10. The van der Waals surface area contributed by atoms with E-state index in [4.69, 9.17) is 4.74 Å². The van der Waals surface area contributed by atoms with Crippen molar-refractivity contribution in [2.45, 2.75) is 0 Å². The molecule has 0 aliphatic carbocycles. The largest absolute Gasteiger partial charge is 0.485 e. The van der Waals surface area contributed by atoms with Gasteiger partial charge in [-0.3, -0.25) is 4.79 Å². The monoisotopic (exact) mass is 374 g/mol. The highest BCUT2D eigenvalue weighted by molar-refractivity contribution is 14.1. The summed E-state index contributed by atoms with van der Waals surface area (Å²) in [4.78, 5) is 11.7. The zero-order valence-corrected chi connectivity index (χ0v) is 11.9. The van der Waals surface area contributed by atoms with Gasteiger partial charge in [-0.05, 0) is 65.1 Å². The summed E-state index contributed by atoms with van der Waals surface area (Å²) >= 11 is 2.15. The smallest absolute Gasteiger partial charge is 0.200 e. The van der Waals surface area contributed by atoms with Crippen LogP contribution < -0.4 is 4.74 Å². The minimum Gasteiger partial charge on any atom is -0.485 e. The third kappa shape index (κ3) is 3.73. The fourth-order valence-corrected chi connectivity index (χ4v) is 1.79. The highest BCUT2D eigenvalue weighted by Gasteiger charge is 2.10. The Bertz CT molecular complexity index is 597. The molecule has 0 saturated heterocycles. The van der Waals surface area contributed by atoms with E-state index in [-0.39, 0.29) is 12.2 Å². The first kappa shape index (κ1) is 13.9. The summed E-state index contributed by atoms with van der Waals surface area (Å²) in [5, 5.41) is 0. The van der Waals surface area contributed by atoms with E-state index in [1.165, 1.54) is 6.07 Å². The van der Waals surface area contributed by atoms with E-state index < -0.39 is 17.4 Å². The van der Waals surface area contributed by atoms with Crippen molar-refractivity contribution in [3.8, 4) is 5.75 Å². The highest BCUT2D eigenvalue weighted by atomic mass is 127. The van der Waals surface area contributed by atoms with Crippen molar-refractivity contribution in [1.82, 2.24) is 0 Å². The summed E-state index contributed by atoms with van der Waals surface area (Å²) in [6.45, 7) is -0.217. The normalized spacial score (nSPS) is 10.3. The Kier molecular flexibility index (Phi) is 4.47. The van der Waals surface area contributed by atoms with Gasteiger partial charge < -0.3 is 4.74 Å². The number of carbonyl (C=O) groups is 1. The van der Waals surface area contributed by atoms with Crippen LogP contribution in [0.2, 0.25) is 0 Å². The number of ether oxygens (including phenoxy) is 1. The van der Waals surface area contributed by atoms with E-state index in [1.807, 2.05) is 12.1 Å². The third-order valence-electron chi connectivity index (χ3n) is 2.43. The van der Waals surface area contributed by atoms with E-state index in [1.54, 1.807) is 12.1 Å². The minimum atomic E-state index is -1.04. The minimum absolute atomic E-state index is 0.0874. The summed E-state index contributed by atoms with van der Waals surface area (Å²) in [5.41, 5.74) is 0.0874. The van der Waals surface area contributed by atoms with Gasteiger partial charge in [-0.15, -0.1) is 0 Å². The zero-order chi connectivity index (χ0) is 13.8. The van der Waals surface area contributed by atoms with Crippen LogP contribution in [-0.4, -0.2) is 12.4 Å². The Balaban J connectivity index is 2.01. The van der Waals surface area contributed by atoms with Crippen LogP contribution >= 0.6 is 22.6 Å². The molecule has 2 rings (SSSR count). The molecule has 0 unspecified atom stereocenters. The van der Waals surface area contributed by atoms with E-state index in [0.717, 1.165) is 15.7 Å². The van der Waals surface area contributed by atoms with Gasteiger partial charge in [0.05, 0.1) is 0 Å². The van der Waals surface area contributed by atoms with E-state index in [9.17, 15) is 13.6 Å². The molecule has 0 aromatic heterocycles. The van der Waals surface area contributed by atoms with E-state index in [0.29, 0.717) is 5.75 Å². The van der Waals surface area contributed by atoms with Crippen molar-refractivity contribution < 1.29 is 18.3 Å². The summed E-state index contributed by atoms with van der Waals surface area (Å²) in [6.07, 6.45) is 0. The number of carbonyl (C=O) groups excluding carboxylic acids is 1. The number of rotatable bonds is 4. The molecule has 5 heteroatoms. The van der Waals surface area contributed by atoms with Crippen LogP contribution in [0.15, 0.2) is 42.5 Å². The maximum Gasteiger partial charge on any atom is 0.200 e. The van der Waals surface area contributed by atoms with Crippen LogP contribution in [0, 0.1) is 15.2 Å². The molecule has 2 aromatic carbocycles. The number of halogens is 3. The van der Waals surface area contributed by atoms with E-state index in [2.05, 4.69) is 22.6 Å². The van der Waals surface area contributed by atoms with Crippen LogP contribution in [0.5, 0.6) is 5.75 Å². The lowest BCUT2D eigenvalue weighted by Gasteiger charge is -2.06. The van der Waals surface area contributed by atoms with Gasteiger partial charge in [0.1, 0.15) is 5.75 Å². The first-order valence-electron chi connectivity index (χ1n) is 5.43. The molecule has 0 radical (unpaired) electrons. The molecule has 2 aromatic rings. The molecule has 0 spiro atoms. The van der Waals surface area contributed by atoms with Crippen molar-refractivity contribution in [2.75, 3.05) is 6.61 Å². The summed E-state index contributed by atoms with van der Waals surface area (Å²) in [7, 11) is 0. The molecular weight excluding hydrogens is 365 g/mol. The number of hydrogen-bond acceptors (Lipinski definition) is 2. The van der Waals surface area contributed by atoms with Gasteiger partial charge in [0.15, 0.2) is 24.0 Å². The molecule has 0 atom stereocenters. The van der Waals surface area contributed by atoms with Crippen molar-refractivity contribution in [3.05, 3.63) is 63.2 Å². The molecule has 0 bridgehead atoms. The van der Waals surface area contributed by atoms with Gasteiger partial charge in [0, 0.05) is 9.13 Å². The van der Waals surface area contributed by atoms with Crippen molar-refractivity contribution >= 4 is 28.4 Å². The lowest BCUT2D eigenvalue weighted by molar-refractivity contribution is 0.0921. The van der Waals surface area contributed by atoms with Gasteiger partial charge in [0.2, 0.25) is 0 Å². The molecule has 0 aliphatic rings. The Hall–Kier alpha value is -1.50. The molecule has 98 valence electrons. The quantitative estimate of drug-likeness (QED) is 0.601. The summed E-state index contributed by atoms with van der Waals surface area (Å²) in [5.74, 6) is -1.87. The molecule has 19 heavy (non-hydrogen) atoms. The average molecular weight is 374 g/mol. The molecule has 2 nitrogen and oxygen atoms in total. The third-order valence-corrected chi connectivity index (χ3v) is 3.14. The molecule has 0 heterocycles. The number of Topliss-reactive ketones (excluding diaryl/α,β-unsaturated/α-hetero) is 1. The maximum absolute atomic E-state index is 13.0. The Morgan fingerprint density at radius 2 is 1.74 bits per heavy atom. The van der Waals surface area contributed by atoms with Gasteiger partial charge >= 0.3 is 0 Å². The Morgan fingerprint density at radius 3 is 2.37 bits per heavy atom. The van der Waals surface area contributed by atoms with Gasteiger partial charge in [-0.25, -0.2) is 8.78 Å². The molecule has 0 saturated carbocycles. The second-order valence-corrected chi connectivity index (χ2v) is 5.04. The van der Waals surface area contributed by atoms with Gasteiger partial charge in [-0.2, -0.15) is 0 Å². The molecule has 0 fully saturated rings. The lowest BCUT2D eigenvalue weighted by atomic mass is 10.1. The molecule has 0 amide bonds. The first-order chi connectivity index (χ1) is 9.06. The number of hydrogen-bond donors (Lipinski definition) is 0. The predicted molar refractivity (Wildman–Crippen MR) is 75.3 cm³/mol. The average Bonchev–Trinajstić information content (AvgIpc) is 2.41. The van der Waals surface area contributed by atoms with Gasteiger partial charge in [-0.1, -0.05) is 0 Å². The Labute approximate surface area is 122 Å². The standard InChI is InChI=1S/C14H9F2IO2/c15-12-6-1-9(7-13(12)16)14(18)8-19-11-4-2-10(17)3-5-11/h1-7H,8H2. The van der Waals surface area contributed by atoms with Crippen LogP contribution in [-0.2, 0) is 0 Å². The fourth-order valence-electron chi connectivity index (χ4n) is 1.43. The fraction of sp³-hybridized carbons (Fsp3) is 0.0714. The summed E-state index contributed by atoms with van der Waals surface area (Å²) < 4.78 is 32.0. The highest BCUT2D eigenvalue weighted by Crippen LogP contribution is 2.14. The lowest BCUT2D eigenvalue weighted by Crippen LogP contribution is -2.12. The van der Waals surface area contributed by atoms with Crippen molar-refractivity contribution in [3.63, 3.8) is 0 Å². The maximum atomic E-state index is 13.0. The zero-order valence-electron chi connectivity index (χ0n) is 9.70. The SMILES string of the molecule is O=C(COc1ccc(I)cc1)c1ccc(F)c(F)c1. The molecular formula is C14H9F2IO2. The van der Waals surface area contributed by atoms with Crippen LogP contribution in [0.4, 0.5) is 8.78 Å². The first-order valence-corrected chi connectivity index (χ1v) is 6.51. The van der Waals surface area contributed by atoms with E-state index >= 15 is 0 Å². The number of benzene rings is 2. The number of ketones is 1. The summed E-state index contributed by atoms with van der Waals surface area (Å²) in [6, 6.07) is 10.2. The van der Waals surface area contributed by atoms with Crippen LogP contribution in [0.25, 0.3) is 0 Å². The molecule has 0 N–H and O–H groups in total. The second-order valence-electron chi connectivity index (χ2n) is 3.79. The Morgan fingerprint density at radius 1 is 1.05 bits per heavy atom. The van der Waals surface area contributed by atoms with Crippen molar-refractivity contribution in [1.29, 1.82) is 0 Å².